The molecular weight excluding hydrogens is 338 g/mol. The fraction of sp³-hybridized carbons (Fsp3) is 0.333. The standard InChI is InChI=1S/C15H16BrNS2/c16-14-6-7-18-15(14)10-19-13-3-1-2-11(8-13)9-17-12-4-5-12/h1-3,6-8,12,17H,4-5,9-10H2. The minimum Gasteiger partial charge on any atom is -0.310 e. The number of nitrogens with one attached hydrogen (secondary N) is 1. The van der Waals surface area contributed by atoms with Crippen molar-refractivity contribution in [2.24, 2.45) is 0 Å². The molecule has 1 N–H and O–H groups in total. The summed E-state index contributed by atoms with van der Waals surface area (Å²) < 4.78 is 1.23. The van der Waals surface area contributed by atoms with Crippen LogP contribution in [0.15, 0.2) is 45.1 Å². The topological polar surface area (TPSA) is 12.0 Å². The molecule has 0 unspecified atom stereocenters. The van der Waals surface area contributed by atoms with E-state index in [0.29, 0.717) is 0 Å². The molecular formula is C15H16BrNS2. The normalized spacial score (nSPS) is 14.8. The third kappa shape index (κ3) is 4.09. The fourth-order valence-corrected chi connectivity index (χ4v) is 4.65. The molecule has 0 radical (unpaired) electrons. The van der Waals surface area contributed by atoms with Gasteiger partial charge in [0.25, 0.3) is 0 Å². The minimum absolute atomic E-state index is 0.776. The highest BCUT2D eigenvalue weighted by Gasteiger charge is 2.19. The summed E-state index contributed by atoms with van der Waals surface area (Å²) in [6.45, 7) is 1.00. The van der Waals surface area contributed by atoms with Crippen LogP contribution in [-0.2, 0) is 12.3 Å². The van der Waals surface area contributed by atoms with Gasteiger partial charge in [-0.25, -0.2) is 0 Å². The summed E-state index contributed by atoms with van der Waals surface area (Å²) in [5, 5.41) is 5.70. The second kappa shape index (κ2) is 6.44. The van der Waals surface area contributed by atoms with Crippen LogP contribution in [0.25, 0.3) is 0 Å². The van der Waals surface area contributed by atoms with Gasteiger partial charge in [0.15, 0.2) is 0 Å². The Morgan fingerprint density at radius 3 is 2.95 bits per heavy atom. The van der Waals surface area contributed by atoms with Crippen LogP contribution in [0, 0.1) is 0 Å². The van der Waals surface area contributed by atoms with E-state index < -0.39 is 0 Å². The molecule has 1 fully saturated rings. The number of rotatable bonds is 6. The second-order valence-electron chi connectivity index (χ2n) is 4.78. The largest absolute Gasteiger partial charge is 0.310 e. The predicted octanol–water partition coefficient (Wildman–Crippen LogP) is 5.05. The fourth-order valence-electron chi connectivity index (χ4n) is 1.87. The molecule has 0 amide bonds. The van der Waals surface area contributed by atoms with Crippen molar-refractivity contribution in [1.29, 1.82) is 0 Å². The van der Waals surface area contributed by atoms with Gasteiger partial charge in [-0.05, 0) is 57.9 Å². The zero-order valence-electron chi connectivity index (χ0n) is 10.6. The first-order valence-corrected chi connectivity index (χ1v) is 9.14. The Morgan fingerprint density at radius 1 is 1.32 bits per heavy atom. The monoisotopic (exact) mass is 353 g/mol. The molecule has 19 heavy (non-hydrogen) atoms. The van der Waals surface area contributed by atoms with Crippen LogP contribution in [0.1, 0.15) is 23.3 Å². The molecule has 1 heterocycles. The van der Waals surface area contributed by atoms with Crippen LogP contribution < -0.4 is 5.32 Å². The highest BCUT2D eigenvalue weighted by Crippen LogP contribution is 2.31. The maximum Gasteiger partial charge on any atom is 0.0337 e. The van der Waals surface area contributed by atoms with Crippen molar-refractivity contribution in [1.82, 2.24) is 5.32 Å². The maximum atomic E-state index is 3.59. The summed E-state index contributed by atoms with van der Waals surface area (Å²) in [6, 6.07) is 11.8. The van der Waals surface area contributed by atoms with Crippen molar-refractivity contribution >= 4 is 39.0 Å². The van der Waals surface area contributed by atoms with E-state index in [4.69, 9.17) is 0 Å². The molecule has 1 aliphatic carbocycles. The van der Waals surface area contributed by atoms with E-state index in [0.717, 1.165) is 18.3 Å². The smallest absolute Gasteiger partial charge is 0.0337 e. The SMILES string of the molecule is Brc1ccsc1CSc1cccc(CNC2CC2)c1. The Hall–Kier alpha value is -0.290. The molecule has 1 aromatic carbocycles. The lowest BCUT2D eigenvalue weighted by Gasteiger charge is -2.06. The zero-order chi connectivity index (χ0) is 13.1. The molecule has 1 saturated carbocycles. The lowest BCUT2D eigenvalue weighted by atomic mass is 10.2. The van der Waals surface area contributed by atoms with Gasteiger partial charge in [0.05, 0.1) is 0 Å². The second-order valence-corrected chi connectivity index (χ2v) is 7.69. The average Bonchev–Trinajstić information content (AvgIpc) is 3.17. The van der Waals surface area contributed by atoms with Crippen molar-refractivity contribution in [3.05, 3.63) is 50.6 Å². The van der Waals surface area contributed by atoms with Crippen LogP contribution in [0.3, 0.4) is 0 Å². The van der Waals surface area contributed by atoms with Gasteiger partial charge in [-0.2, -0.15) is 0 Å². The molecule has 1 nitrogen and oxygen atoms in total. The number of thioether (sulfide) groups is 1. The Labute approximate surface area is 130 Å². The summed E-state index contributed by atoms with van der Waals surface area (Å²) >= 11 is 7.31. The van der Waals surface area contributed by atoms with Crippen LogP contribution in [-0.4, -0.2) is 6.04 Å². The first kappa shape index (κ1) is 13.7. The van der Waals surface area contributed by atoms with Crippen molar-refractivity contribution in [2.75, 3.05) is 0 Å². The number of thiophene rings is 1. The highest BCUT2D eigenvalue weighted by atomic mass is 79.9. The van der Waals surface area contributed by atoms with Gasteiger partial charge in [0, 0.05) is 32.6 Å². The Bertz CT molecular complexity index is 549. The first-order valence-electron chi connectivity index (χ1n) is 6.48. The molecule has 2 aromatic rings. The van der Waals surface area contributed by atoms with Crippen molar-refractivity contribution in [2.45, 2.75) is 36.1 Å². The first-order chi connectivity index (χ1) is 9.31. The van der Waals surface area contributed by atoms with Crippen molar-refractivity contribution in [3.63, 3.8) is 0 Å². The van der Waals surface area contributed by atoms with E-state index in [2.05, 4.69) is 57.0 Å². The summed E-state index contributed by atoms with van der Waals surface area (Å²) in [5.41, 5.74) is 1.39. The van der Waals surface area contributed by atoms with Gasteiger partial charge in [0.1, 0.15) is 0 Å². The summed E-state index contributed by atoms with van der Waals surface area (Å²) in [5.74, 6) is 1.04. The number of hydrogen-bond donors (Lipinski definition) is 1. The lowest BCUT2D eigenvalue weighted by Crippen LogP contribution is -2.15. The Kier molecular flexibility index (Phi) is 4.64. The van der Waals surface area contributed by atoms with E-state index >= 15 is 0 Å². The molecule has 0 aliphatic heterocycles. The van der Waals surface area contributed by atoms with Gasteiger partial charge < -0.3 is 5.32 Å². The number of halogens is 1. The molecule has 0 atom stereocenters. The van der Waals surface area contributed by atoms with Crippen LogP contribution in [0.2, 0.25) is 0 Å². The molecule has 0 spiro atoms. The molecule has 0 saturated heterocycles. The molecule has 3 rings (SSSR count). The molecule has 4 heteroatoms. The molecule has 1 aliphatic rings. The van der Waals surface area contributed by atoms with E-state index in [-0.39, 0.29) is 0 Å². The molecule has 0 bridgehead atoms. The minimum atomic E-state index is 0.776. The summed E-state index contributed by atoms with van der Waals surface area (Å²) in [7, 11) is 0. The Balaban J connectivity index is 1.57. The summed E-state index contributed by atoms with van der Waals surface area (Å²) in [4.78, 5) is 2.77. The van der Waals surface area contributed by atoms with E-state index in [1.54, 1.807) is 0 Å². The highest BCUT2D eigenvalue weighted by molar-refractivity contribution is 9.10. The van der Waals surface area contributed by atoms with E-state index in [1.165, 1.54) is 32.7 Å². The molecule has 1 aromatic heterocycles. The van der Waals surface area contributed by atoms with Gasteiger partial charge in [-0.1, -0.05) is 12.1 Å². The maximum absolute atomic E-state index is 3.59. The predicted molar refractivity (Wildman–Crippen MR) is 87.9 cm³/mol. The zero-order valence-corrected chi connectivity index (χ0v) is 13.8. The van der Waals surface area contributed by atoms with Gasteiger partial charge in [-0.15, -0.1) is 23.1 Å². The van der Waals surface area contributed by atoms with E-state index in [1.807, 2.05) is 23.1 Å². The average molecular weight is 354 g/mol. The third-order valence-electron chi connectivity index (χ3n) is 3.13. The van der Waals surface area contributed by atoms with E-state index in [9.17, 15) is 0 Å². The van der Waals surface area contributed by atoms with Crippen LogP contribution >= 0.6 is 39.0 Å². The van der Waals surface area contributed by atoms with Crippen LogP contribution in [0.4, 0.5) is 0 Å². The summed E-state index contributed by atoms with van der Waals surface area (Å²) in [6.07, 6.45) is 2.70. The van der Waals surface area contributed by atoms with Crippen molar-refractivity contribution in [3.8, 4) is 0 Å². The van der Waals surface area contributed by atoms with Crippen LogP contribution in [0.5, 0.6) is 0 Å². The number of hydrogen-bond acceptors (Lipinski definition) is 3. The van der Waals surface area contributed by atoms with Gasteiger partial charge in [-0.3, -0.25) is 0 Å². The van der Waals surface area contributed by atoms with Gasteiger partial charge >= 0.3 is 0 Å². The van der Waals surface area contributed by atoms with Crippen molar-refractivity contribution < 1.29 is 0 Å². The number of benzene rings is 1. The quantitative estimate of drug-likeness (QED) is 0.728. The Morgan fingerprint density at radius 2 is 2.21 bits per heavy atom. The molecule has 100 valence electrons. The third-order valence-corrected chi connectivity index (χ3v) is 6.26. The lowest BCUT2D eigenvalue weighted by molar-refractivity contribution is 0.687. The van der Waals surface area contributed by atoms with Gasteiger partial charge in [0.2, 0.25) is 0 Å².